The molecule has 0 atom stereocenters. The maximum atomic E-state index is 12.9. The standard InChI is InChI=1S/C20H12F3NO/c21-20(22,23)15-8-4-7-14(11-15)18-12-17-19(25-18)16(9-10-24-17)13-5-2-1-3-6-13/h1-12H. The lowest BCUT2D eigenvalue weighted by molar-refractivity contribution is -0.137. The molecule has 25 heavy (non-hydrogen) atoms. The van der Waals surface area contributed by atoms with Crippen molar-refractivity contribution in [3.05, 3.63) is 78.5 Å². The second-order valence-corrected chi connectivity index (χ2v) is 5.63. The van der Waals surface area contributed by atoms with Crippen molar-refractivity contribution < 1.29 is 17.6 Å². The summed E-state index contributed by atoms with van der Waals surface area (Å²) in [5.74, 6) is 0.358. The number of aromatic nitrogens is 1. The van der Waals surface area contributed by atoms with Crippen LogP contribution in [0, 0.1) is 0 Å². The fourth-order valence-electron chi connectivity index (χ4n) is 2.77. The van der Waals surface area contributed by atoms with Gasteiger partial charge in [-0.1, -0.05) is 42.5 Å². The lowest BCUT2D eigenvalue weighted by Gasteiger charge is -2.07. The molecule has 0 saturated carbocycles. The van der Waals surface area contributed by atoms with E-state index in [4.69, 9.17) is 4.42 Å². The Bertz CT molecular complexity index is 1040. The number of halogens is 3. The highest BCUT2D eigenvalue weighted by Crippen LogP contribution is 2.36. The van der Waals surface area contributed by atoms with Gasteiger partial charge >= 0.3 is 6.18 Å². The Labute approximate surface area is 141 Å². The average Bonchev–Trinajstić information content (AvgIpc) is 3.06. The lowest BCUT2D eigenvalue weighted by Crippen LogP contribution is -2.04. The maximum absolute atomic E-state index is 12.9. The molecule has 2 aromatic carbocycles. The van der Waals surface area contributed by atoms with Gasteiger partial charge in [0, 0.05) is 23.4 Å². The van der Waals surface area contributed by atoms with E-state index in [1.807, 2.05) is 36.4 Å². The summed E-state index contributed by atoms with van der Waals surface area (Å²) in [6, 6.07) is 18.2. The Kier molecular flexibility index (Phi) is 3.57. The van der Waals surface area contributed by atoms with Crippen LogP contribution in [0.15, 0.2) is 77.3 Å². The lowest BCUT2D eigenvalue weighted by atomic mass is 10.1. The van der Waals surface area contributed by atoms with Crippen LogP contribution >= 0.6 is 0 Å². The highest BCUT2D eigenvalue weighted by Gasteiger charge is 2.30. The van der Waals surface area contributed by atoms with Gasteiger partial charge in [-0.05, 0) is 23.8 Å². The average molecular weight is 339 g/mol. The molecule has 2 aromatic heterocycles. The van der Waals surface area contributed by atoms with Crippen LogP contribution in [0.1, 0.15) is 5.56 Å². The quantitative estimate of drug-likeness (QED) is 0.436. The smallest absolute Gasteiger partial charge is 0.416 e. The number of hydrogen-bond donors (Lipinski definition) is 0. The third kappa shape index (κ3) is 2.89. The molecule has 2 heterocycles. The van der Waals surface area contributed by atoms with Crippen LogP contribution in [0.2, 0.25) is 0 Å². The van der Waals surface area contributed by atoms with Crippen molar-refractivity contribution in [2.75, 3.05) is 0 Å². The molecule has 0 spiro atoms. The van der Waals surface area contributed by atoms with E-state index in [-0.39, 0.29) is 0 Å². The van der Waals surface area contributed by atoms with Gasteiger partial charge in [0.1, 0.15) is 11.3 Å². The Morgan fingerprint density at radius 1 is 0.800 bits per heavy atom. The molecule has 0 aliphatic carbocycles. The zero-order valence-electron chi connectivity index (χ0n) is 12.9. The summed E-state index contributed by atoms with van der Waals surface area (Å²) in [7, 11) is 0. The number of benzene rings is 2. The van der Waals surface area contributed by atoms with Crippen LogP contribution in [0.25, 0.3) is 33.6 Å². The number of fused-ring (bicyclic) bond motifs is 1. The summed E-state index contributed by atoms with van der Waals surface area (Å²) in [5, 5.41) is 0. The summed E-state index contributed by atoms with van der Waals surface area (Å²) < 4.78 is 44.7. The van der Waals surface area contributed by atoms with Gasteiger partial charge < -0.3 is 4.42 Å². The van der Waals surface area contributed by atoms with Crippen molar-refractivity contribution in [2.45, 2.75) is 6.18 Å². The van der Waals surface area contributed by atoms with E-state index >= 15 is 0 Å². The van der Waals surface area contributed by atoms with Crippen LogP contribution in [-0.2, 0) is 6.18 Å². The molecule has 0 N–H and O–H groups in total. The molecule has 124 valence electrons. The van der Waals surface area contributed by atoms with Crippen molar-refractivity contribution in [2.24, 2.45) is 0 Å². The third-order valence-corrected chi connectivity index (χ3v) is 3.97. The molecule has 0 bridgehead atoms. The molecule has 4 aromatic rings. The zero-order chi connectivity index (χ0) is 17.4. The van der Waals surface area contributed by atoms with E-state index < -0.39 is 11.7 Å². The molecular weight excluding hydrogens is 327 g/mol. The molecule has 0 aliphatic rings. The second kappa shape index (κ2) is 5.77. The number of nitrogens with zero attached hydrogens (tertiary/aromatic N) is 1. The Balaban J connectivity index is 1.86. The topological polar surface area (TPSA) is 26.0 Å². The fraction of sp³-hybridized carbons (Fsp3) is 0.0500. The normalized spacial score (nSPS) is 11.8. The van der Waals surface area contributed by atoms with E-state index in [1.165, 1.54) is 6.07 Å². The summed E-state index contributed by atoms with van der Waals surface area (Å²) in [4.78, 5) is 4.27. The molecular formula is C20H12F3NO. The molecule has 4 rings (SSSR count). The van der Waals surface area contributed by atoms with Gasteiger partial charge in [-0.3, -0.25) is 4.98 Å². The maximum Gasteiger partial charge on any atom is 0.416 e. The number of pyridine rings is 1. The highest BCUT2D eigenvalue weighted by molar-refractivity contribution is 5.92. The van der Waals surface area contributed by atoms with Gasteiger partial charge in [-0.15, -0.1) is 0 Å². The molecule has 0 radical (unpaired) electrons. The van der Waals surface area contributed by atoms with Gasteiger partial charge in [-0.2, -0.15) is 13.2 Å². The first-order chi connectivity index (χ1) is 12.0. The number of hydrogen-bond acceptors (Lipinski definition) is 2. The largest absolute Gasteiger partial charge is 0.454 e. The van der Waals surface area contributed by atoms with Gasteiger partial charge in [0.05, 0.1) is 5.56 Å². The summed E-state index contributed by atoms with van der Waals surface area (Å²) >= 11 is 0. The minimum atomic E-state index is -4.39. The van der Waals surface area contributed by atoms with Gasteiger partial charge in [-0.25, -0.2) is 0 Å². The molecule has 0 saturated heterocycles. The molecule has 0 amide bonds. The van der Waals surface area contributed by atoms with Gasteiger partial charge in [0.15, 0.2) is 5.58 Å². The van der Waals surface area contributed by atoms with Crippen LogP contribution in [0.4, 0.5) is 13.2 Å². The first kappa shape index (κ1) is 15.4. The zero-order valence-corrected chi connectivity index (χ0v) is 12.9. The first-order valence-electron chi connectivity index (χ1n) is 7.64. The predicted octanol–water partition coefficient (Wildman–Crippen LogP) is 6.18. The van der Waals surface area contributed by atoms with Crippen LogP contribution < -0.4 is 0 Å². The SMILES string of the molecule is FC(F)(F)c1cccc(-c2cc3nccc(-c4ccccc4)c3o2)c1. The van der Waals surface area contributed by atoms with E-state index in [2.05, 4.69) is 4.98 Å². The first-order valence-corrected chi connectivity index (χ1v) is 7.64. The Morgan fingerprint density at radius 2 is 1.56 bits per heavy atom. The van der Waals surface area contributed by atoms with E-state index in [0.717, 1.165) is 23.3 Å². The number of alkyl halides is 3. The minimum absolute atomic E-state index is 0.358. The van der Waals surface area contributed by atoms with Gasteiger partial charge in [0.2, 0.25) is 0 Å². The van der Waals surface area contributed by atoms with E-state index in [9.17, 15) is 13.2 Å². The van der Waals surface area contributed by atoms with Crippen LogP contribution in [0.3, 0.4) is 0 Å². The van der Waals surface area contributed by atoms with Crippen molar-refractivity contribution in [3.63, 3.8) is 0 Å². The molecule has 5 heteroatoms. The summed E-state index contributed by atoms with van der Waals surface area (Å²) in [6.07, 6.45) is -2.73. The predicted molar refractivity (Wildman–Crippen MR) is 89.9 cm³/mol. The number of furan rings is 1. The summed E-state index contributed by atoms with van der Waals surface area (Å²) in [6.45, 7) is 0. The van der Waals surface area contributed by atoms with Crippen molar-refractivity contribution in [3.8, 4) is 22.5 Å². The van der Waals surface area contributed by atoms with Crippen LogP contribution in [0.5, 0.6) is 0 Å². The van der Waals surface area contributed by atoms with Gasteiger partial charge in [0.25, 0.3) is 0 Å². The van der Waals surface area contributed by atoms with E-state index in [1.54, 1.807) is 18.3 Å². The molecule has 2 nitrogen and oxygen atoms in total. The third-order valence-electron chi connectivity index (χ3n) is 3.97. The van der Waals surface area contributed by atoms with Crippen LogP contribution in [-0.4, -0.2) is 4.98 Å². The number of rotatable bonds is 2. The summed E-state index contributed by atoms with van der Waals surface area (Å²) in [5.41, 5.74) is 2.63. The van der Waals surface area contributed by atoms with Crippen molar-refractivity contribution in [1.82, 2.24) is 4.98 Å². The Hall–Kier alpha value is -3.08. The molecule has 0 unspecified atom stereocenters. The molecule has 0 fully saturated rings. The Morgan fingerprint density at radius 3 is 2.32 bits per heavy atom. The van der Waals surface area contributed by atoms with E-state index in [0.29, 0.717) is 22.4 Å². The van der Waals surface area contributed by atoms with Crippen molar-refractivity contribution in [1.29, 1.82) is 0 Å². The minimum Gasteiger partial charge on any atom is -0.454 e. The monoisotopic (exact) mass is 339 g/mol. The highest BCUT2D eigenvalue weighted by atomic mass is 19.4. The molecule has 0 aliphatic heterocycles. The second-order valence-electron chi connectivity index (χ2n) is 5.63. The van der Waals surface area contributed by atoms with Crippen molar-refractivity contribution >= 4 is 11.1 Å². The fourth-order valence-corrected chi connectivity index (χ4v) is 2.77.